The van der Waals surface area contributed by atoms with Crippen molar-refractivity contribution in [1.29, 1.82) is 0 Å². The summed E-state index contributed by atoms with van der Waals surface area (Å²) in [5.74, 6) is 0.111. The summed E-state index contributed by atoms with van der Waals surface area (Å²) >= 11 is 0. The summed E-state index contributed by atoms with van der Waals surface area (Å²) < 4.78 is 25.0. The van der Waals surface area contributed by atoms with Crippen molar-refractivity contribution in [3.05, 3.63) is 36.0 Å². The minimum Gasteiger partial charge on any atom is -0.340 e. The number of nitrogens with zero attached hydrogens (tertiary/aromatic N) is 2. The molecule has 0 bridgehead atoms. The molecule has 1 aliphatic heterocycles. The molecule has 0 saturated carbocycles. The van der Waals surface area contributed by atoms with E-state index in [1.54, 1.807) is 11.9 Å². The Morgan fingerprint density at radius 2 is 2.05 bits per heavy atom. The number of para-hydroxylation sites is 1. The normalized spacial score (nSPS) is 20.8. The number of amides is 1. The number of aromatic nitrogens is 1. The Bertz CT molecular complexity index is 807. The molecule has 1 aliphatic rings. The third-order valence-corrected chi connectivity index (χ3v) is 6.00. The van der Waals surface area contributed by atoms with Crippen LogP contribution in [0.4, 0.5) is 0 Å². The lowest BCUT2D eigenvalue weighted by molar-refractivity contribution is 0.0738. The highest BCUT2D eigenvalue weighted by Crippen LogP contribution is 2.22. The van der Waals surface area contributed by atoms with E-state index in [-0.39, 0.29) is 23.5 Å². The lowest BCUT2D eigenvalue weighted by Gasteiger charge is -2.23. The lowest BCUT2D eigenvalue weighted by Crippen LogP contribution is -2.38. The van der Waals surface area contributed by atoms with Crippen LogP contribution in [-0.4, -0.2) is 48.4 Å². The van der Waals surface area contributed by atoms with Crippen LogP contribution in [0.5, 0.6) is 0 Å². The number of aryl methyl sites for hydroxylation is 1. The number of carbonyl (C=O) groups excluding carboxylic acids is 1. The van der Waals surface area contributed by atoms with Gasteiger partial charge < -0.3 is 9.47 Å². The van der Waals surface area contributed by atoms with Gasteiger partial charge >= 0.3 is 0 Å². The molecule has 6 heteroatoms. The average molecular weight is 306 g/mol. The largest absolute Gasteiger partial charge is 0.340 e. The molecule has 1 unspecified atom stereocenters. The Kier molecular flexibility index (Phi) is 3.28. The summed E-state index contributed by atoms with van der Waals surface area (Å²) in [6, 6.07) is 9.43. The monoisotopic (exact) mass is 306 g/mol. The van der Waals surface area contributed by atoms with Crippen LogP contribution in [0.15, 0.2) is 30.3 Å². The number of sulfone groups is 1. The Balaban J connectivity index is 1.92. The summed E-state index contributed by atoms with van der Waals surface area (Å²) in [5, 5.41) is 1.01. The van der Waals surface area contributed by atoms with Gasteiger partial charge in [-0.1, -0.05) is 18.2 Å². The second kappa shape index (κ2) is 4.87. The number of hydrogen-bond donors (Lipinski definition) is 0. The van der Waals surface area contributed by atoms with Crippen LogP contribution in [0.3, 0.4) is 0 Å². The molecular weight excluding hydrogens is 288 g/mol. The summed E-state index contributed by atoms with van der Waals surface area (Å²) in [6.45, 7) is 0. The molecule has 1 atom stereocenters. The molecule has 0 spiro atoms. The highest BCUT2D eigenvalue weighted by atomic mass is 32.2. The number of carbonyl (C=O) groups is 1. The third kappa shape index (κ3) is 2.44. The maximum Gasteiger partial charge on any atom is 0.270 e. The fraction of sp³-hybridized carbons (Fsp3) is 0.400. The summed E-state index contributed by atoms with van der Waals surface area (Å²) in [4.78, 5) is 14.2. The van der Waals surface area contributed by atoms with Gasteiger partial charge in [0.25, 0.3) is 5.91 Å². The first-order valence-corrected chi connectivity index (χ1v) is 8.73. The molecule has 21 heavy (non-hydrogen) atoms. The fourth-order valence-electron chi connectivity index (χ4n) is 2.92. The van der Waals surface area contributed by atoms with E-state index in [4.69, 9.17) is 0 Å². The molecule has 112 valence electrons. The second-order valence-corrected chi connectivity index (χ2v) is 7.85. The van der Waals surface area contributed by atoms with E-state index in [9.17, 15) is 13.2 Å². The van der Waals surface area contributed by atoms with Crippen molar-refractivity contribution in [3.8, 4) is 0 Å². The molecular formula is C15H18N2O3S. The van der Waals surface area contributed by atoms with Gasteiger partial charge in [-0.25, -0.2) is 8.42 Å². The summed E-state index contributed by atoms with van der Waals surface area (Å²) in [7, 11) is 0.550. The summed E-state index contributed by atoms with van der Waals surface area (Å²) in [5.41, 5.74) is 1.58. The zero-order valence-electron chi connectivity index (χ0n) is 12.1. The molecule has 2 aromatic rings. The molecule has 1 aromatic heterocycles. The van der Waals surface area contributed by atoms with Crippen LogP contribution in [0.1, 0.15) is 16.9 Å². The zero-order valence-corrected chi connectivity index (χ0v) is 12.9. The Morgan fingerprint density at radius 3 is 2.67 bits per heavy atom. The smallest absolute Gasteiger partial charge is 0.270 e. The Labute approximate surface area is 124 Å². The topological polar surface area (TPSA) is 59.4 Å². The van der Waals surface area contributed by atoms with Crippen LogP contribution in [-0.2, 0) is 16.9 Å². The van der Waals surface area contributed by atoms with Crippen molar-refractivity contribution in [2.24, 2.45) is 7.05 Å². The van der Waals surface area contributed by atoms with Crippen molar-refractivity contribution >= 4 is 26.6 Å². The van der Waals surface area contributed by atoms with E-state index >= 15 is 0 Å². The van der Waals surface area contributed by atoms with Crippen LogP contribution < -0.4 is 0 Å². The number of rotatable bonds is 2. The first kappa shape index (κ1) is 14.1. The van der Waals surface area contributed by atoms with Gasteiger partial charge in [-0.2, -0.15) is 0 Å². The third-order valence-electron chi connectivity index (χ3n) is 4.25. The molecule has 0 radical (unpaired) electrons. The molecule has 0 aliphatic carbocycles. The maximum absolute atomic E-state index is 12.6. The standard InChI is InChI=1S/C15H18N2O3S/c1-16(12-7-8-21(19,20)10-12)15(18)14-9-11-5-3-4-6-13(11)17(14)2/h3-6,9,12H,7-8,10H2,1-2H3. The maximum atomic E-state index is 12.6. The summed E-state index contributed by atoms with van der Waals surface area (Å²) in [6.07, 6.45) is 0.522. The van der Waals surface area contributed by atoms with E-state index < -0.39 is 9.84 Å². The van der Waals surface area contributed by atoms with Gasteiger partial charge in [0.2, 0.25) is 0 Å². The molecule has 3 rings (SSSR count). The van der Waals surface area contributed by atoms with Crippen LogP contribution in [0.2, 0.25) is 0 Å². The molecule has 1 aromatic carbocycles. The SMILES string of the molecule is CN(C(=O)c1cc2ccccc2n1C)C1CCS(=O)(=O)C1. The van der Waals surface area contributed by atoms with Gasteiger partial charge in [-0.15, -0.1) is 0 Å². The predicted molar refractivity (Wildman–Crippen MR) is 82.1 cm³/mol. The van der Waals surface area contributed by atoms with Gasteiger partial charge in [-0.3, -0.25) is 4.79 Å². The molecule has 1 saturated heterocycles. The van der Waals surface area contributed by atoms with Crippen molar-refractivity contribution < 1.29 is 13.2 Å². The zero-order chi connectivity index (χ0) is 15.2. The molecule has 0 N–H and O–H groups in total. The van der Waals surface area contributed by atoms with Crippen molar-refractivity contribution in [1.82, 2.24) is 9.47 Å². The highest BCUT2D eigenvalue weighted by molar-refractivity contribution is 7.91. The minimum atomic E-state index is -2.99. The second-order valence-electron chi connectivity index (χ2n) is 5.62. The molecule has 2 heterocycles. The van der Waals surface area contributed by atoms with E-state index in [2.05, 4.69) is 0 Å². The molecule has 5 nitrogen and oxygen atoms in total. The van der Waals surface area contributed by atoms with Crippen molar-refractivity contribution in [3.63, 3.8) is 0 Å². The van der Waals surface area contributed by atoms with E-state index in [1.165, 1.54) is 0 Å². The Hall–Kier alpha value is -1.82. The first-order chi connectivity index (χ1) is 9.89. The van der Waals surface area contributed by atoms with Crippen LogP contribution in [0.25, 0.3) is 10.9 Å². The lowest BCUT2D eigenvalue weighted by atomic mass is 10.2. The number of fused-ring (bicyclic) bond motifs is 1. The van der Waals surface area contributed by atoms with Gasteiger partial charge in [0, 0.05) is 31.0 Å². The minimum absolute atomic E-state index is 0.0686. The predicted octanol–water partition coefficient (Wildman–Crippen LogP) is 1.44. The quantitative estimate of drug-likeness (QED) is 0.843. The average Bonchev–Trinajstić information content (AvgIpc) is 2.98. The first-order valence-electron chi connectivity index (χ1n) is 6.91. The number of hydrogen-bond acceptors (Lipinski definition) is 3. The Morgan fingerprint density at radius 1 is 1.33 bits per heavy atom. The van der Waals surface area contributed by atoms with E-state index in [1.807, 2.05) is 41.9 Å². The van der Waals surface area contributed by atoms with Gasteiger partial charge in [-0.05, 0) is 18.6 Å². The number of benzene rings is 1. The van der Waals surface area contributed by atoms with Gasteiger partial charge in [0.05, 0.1) is 11.5 Å². The molecule has 1 amide bonds. The van der Waals surface area contributed by atoms with Crippen molar-refractivity contribution in [2.45, 2.75) is 12.5 Å². The van der Waals surface area contributed by atoms with Crippen molar-refractivity contribution in [2.75, 3.05) is 18.6 Å². The fourth-order valence-corrected chi connectivity index (χ4v) is 4.70. The van der Waals surface area contributed by atoms with Crippen LogP contribution >= 0.6 is 0 Å². The van der Waals surface area contributed by atoms with Gasteiger partial charge in [0.1, 0.15) is 5.69 Å². The van der Waals surface area contributed by atoms with Gasteiger partial charge in [0.15, 0.2) is 9.84 Å². The highest BCUT2D eigenvalue weighted by Gasteiger charge is 2.33. The van der Waals surface area contributed by atoms with E-state index in [0.29, 0.717) is 12.1 Å². The molecule has 1 fully saturated rings. The van der Waals surface area contributed by atoms with Crippen LogP contribution in [0, 0.1) is 0 Å². The van der Waals surface area contributed by atoms with E-state index in [0.717, 1.165) is 10.9 Å².